The SMILES string of the molecule is COc1ccc(C2CC(=O)C3=C(C2)Nc2nc(C(F)(F)F)nn2C3c2ccccc2)cc1OC. The Bertz CT molecular complexity index is 1280. The van der Waals surface area contributed by atoms with E-state index in [2.05, 4.69) is 15.4 Å². The molecule has 1 aliphatic carbocycles. The molecule has 0 saturated carbocycles. The Hall–Kier alpha value is -3.82. The summed E-state index contributed by atoms with van der Waals surface area (Å²) in [4.78, 5) is 17.1. The van der Waals surface area contributed by atoms with E-state index in [1.807, 2.05) is 12.1 Å². The number of aromatic nitrogens is 3. The third kappa shape index (κ3) is 3.68. The van der Waals surface area contributed by atoms with Crippen LogP contribution in [0.3, 0.4) is 0 Å². The number of nitrogens with zero attached hydrogens (tertiary/aromatic N) is 3. The maximum atomic E-state index is 13.4. The number of ether oxygens (including phenoxy) is 2. The molecule has 0 spiro atoms. The number of anilines is 1. The molecule has 2 aliphatic rings. The fourth-order valence-electron chi connectivity index (χ4n) is 4.62. The first-order chi connectivity index (χ1) is 16.3. The minimum Gasteiger partial charge on any atom is -0.493 e. The normalized spacial score (nSPS) is 19.9. The van der Waals surface area contributed by atoms with Crippen molar-refractivity contribution in [1.29, 1.82) is 0 Å². The van der Waals surface area contributed by atoms with Crippen molar-refractivity contribution >= 4 is 11.7 Å². The standard InChI is InChI=1S/C24H21F3N4O3/c1-33-18-9-8-14(12-19(18)34-2)15-10-16-20(17(32)11-15)21(13-6-4-3-5-7-13)31-23(28-16)29-22(30-31)24(25,26)27/h3-9,12,15,21H,10-11H2,1-2H3,(H,28,29,30). The largest absolute Gasteiger partial charge is 0.493 e. The molecule has 1 N–H and O–H groups in total. The summed E-state index contributed by atoms with van der Waals surface area (Å²) in [6.45, 7) is 0. The number of nitrogens with one attached hydrogen (secondary N) is 1. The Kier molecular flexibility index (Phi) is 5.30. The molecule has 5 rings (SSSR count). The number of methoxy groups -OCH3 is 2. The number of fused-ring (bicyclic) bond motifs is 1. The molecule has 0 saturated heterocycles. The van der Waals surface area contributed by atoms with Gasteiger partial charge < -0.3 is 14.8 Å². The highest BCUT2D eigenvalue weighted by molar-refractivity contribution is 6.00. The molecule has 2 unspecified atom stereocenters. The van der Waals surface area contributed by atoms with Gasteiger partial charge in [-0.15, -0.1) is 5.10 Å². The third-order valence-electron chi connectivity index (χ3n) is 6.17. The van der Waals surface area contributed by atoms with Gasteiger partial charge in [-0.3, -0.25) is 4.79 Å². The van der Waals surface area contributed by atoms with Gasteiger partial charge in [-0.25, -0.2) is 4.68 Å². The van der Waals surface area contributed by atoms with Crippen molar-refractivity contribution in [2.45, 2.75) is 31.0 Å². The molecule has 2 aromatic carbocycles. The van der Waals surface area contributed by atoms with Crippen molar-refractivity contribution in [1.82, 2.24) is 14.8 Å². The first-order valence-corrected chi connectivity index (χ1v) is 10.6. The van der Waals surface area contributed by atoms with Gasteiger partial charge in [0.15, 0.2) is 17.3 Å². The Morgan fingerprint density at radius 1 is 1.00 bits per heavy atom. The number of halogens is 3. The average Bonchev–Trinajstić information content (AvgIpc) is 3.27. The molecule has 10 heteroatoms. The fourth-order valence-corrected chi connectivity index (χ4v) is 4.62. The maximum Gasteiger partial charge on any atom is 0.453 e. The molecule has 2 heterocycles. The van der Waals surface area contributed by atoms with Crippen molar-refractivity contribution in [3.63, 3.8) is 0 Å². The number of ketones is 1. The highest BCUT2D eigenvalue weighted by Gasteiger charge is 2.43. The number of alkyl halides is 3. The summed E-state index contributed by atoms with van der Waals surface area (Å²) in [7, 11) is 3.08. The van der Waals surface area contributed by atoms with Gasteiger partial charge >= 0.3 is 6.18 Å². The number of allylic oxidation sites excluding steroid dienone is 2. The van der Waals surface area contributed by atoms with Gasteiger partial charge in [0.2, 0.25) is 5.95 Å². The number of benzene rings is 2. The number of carbonyl (C=O) groups excluding carboxylic acids is 1. The molecule has 3 aromatic rings. The first-order valence-electron chi connectivity index (χ1n) is 10.6. The van der Waals surface area contributed by atoms with Crippen LogP contribution in [0, 0.1) is 0 Å². The summed E-state index contributed by atoms with van der Waals surface area (Å²) in [5.74, 6) is -0.523. The van der Waals surface area contributed by atoms with E-state index in [1.54, 1.807) is 43.5 Å². The van der Waals surface area contributed by atoms with Crippen LogP contribution in [0.5, 0.6) is 11.5 Å². The van der Waals surface area contributed by atoms with E-state index in [0.29, 0.717) is 34.8 Å². The van der Waals surface area contributed by atoms with Crippen molar-refractivity contribution in [2.24, 2.45) is 0 Å². The maximum absolute atomic E-state index is 13.4. The van der Waals surface area contributed by atoms with Crippen LogP contribution in [-0.4, -0.2) is 34.8 Å². The summed E-state index contributed by atoms with van der Waals surface area (Å²) in [5, 5.41) is 6.69. The molecule has 176 valence electrons. The minimum absolute atomic E-state index is 0.0410. The van der Waals surface area contributed by atoms with Gasteiger partial charge in [0, 0.05) is 17.7 Å². The van der Waals surface area contributed by atoms with Gasteiger partial charge in [0.25, 0.3) is 5.82 Å². The summed E-state index contributed by atoms with van der Waals surface area (Å²) in [5.41, 5.74) is 2.50. The molecule has 0 bridgehead atoms. The highest BCUT2D eigenvalue weighted by atomic mass is 19.4. The van der Waals surface area contributed by atoms with Crippen molar-refractivity contribution in [3.05, 3.63) is 76.8 Å². The Labute approximate surface area is 193 Å². The highest BCUT2D eigenvalue weighted by Crippen LogP contribution is 2.45. The molecule has 1 aliphatic heterocycles. The molecule has 0 amide bonds. The van der Waals surface area contributed by atoms with Crippen molar-refractivity contribution in [3.8, 4) is 11.5 Å². The zero-order valence-electron chi connectivity index (χ0n) is 18.4. The molecular formula is C24H21F3N4O3. The lowest BCUT2D eigenvalue weighted by Crippen LogP contribution is -2.33. The van der Waals surface area contributed by atoms with E-state index in [9.17, 15) is 18.0 Å². The molecule has 1 aromatic heterocycles. The molecule has 7 nitrogen and oxygen atoms in total. The molecule has 0 fully saturated rings. The summed E-state index contributed by atoms with van der Waals surface area (Å²) in [6, 6.07) is 13.6. The first kappa shape index (κ1) is 22.0. The Balaban J connectivity index is 1.58. The monoisotopic (exact) mass is 470 g/mol. The smallest absolute Gasteiger partial charge is 0.453 e. The lowest BCUT2D eigenvalue weighted by molar-refractivity contribution is -0.145. The fraction of sp³-hybridized carbons (Fsp3) is 0.292. The van der Waals surface area contributed by atoms with Crippen LogP contribution in [0.2, 0.25) is 0 Å². The van der Waals surface area contributed by atoms with E-state index in [1.165, 1.54) is 7.11 Å². The predicted molar refractivity (Wildman–Crippen MR) is 117 cm³/mol. The van der Waals surface area contributed by atoms with Crippen molar-refractivity contribution in [2.75, 3.05) is 19.5 Å². The number of Topliss-reactive ketones (excluding diaryl/α,β-unsaturated/α-hetero) is 1. The van der Waals surface area contributed by atoms with Crippen LogP contribution in [0.25, 0.3) is 0 Å². The van der Waals surface area contributed by atoms with Crippen LogP contribution < -0.4 is 14.8 Å². The van der Waals surface area contributed by atoms with Crippen LogP contribution in [0.4, 0.5) is 19.1 Å². The Morgan fingerprint density at radius 3 is 2.41 bits per heavy atom. The molecule has 34 heavy (non-hydrogen) atoms. The second-order valence-corrected chi connectivity index (χ2v) is 8.17. The lowest BCUT2D eigenvalue weighted by Gasteiger charge is -2.35. The van der Waals surface area contributed by atoms with Crippen LogP contribution >= 0.6 is 0 Å². The van der Waals surface area contributed by atoms with Gasteiger partial charge in [0.05, 0.1) is 14.2 Å². The Morgan fingerprint density at radius 2 is 1.74 bits per heavy atom. The van der Waals surface area contributed by atoms with E-state index in [0.717, 1.165) is 10.2 Å². The van der Waals surface area contributed by atoms with E-state index in [-0.39, 0.29) is 24.1 Å². The second-order valence-electron chi connectivity index (χ2n) is 8.17. The zero-order chi connectivity index (χ0) is 24.0. The number of hydrogen-bond acceptors (Lipinski definition) is 6. The zero-order valence-corrected chi connectivity index (χ0v) is 18.4. The van der Waals surface area contributed by atoms with Gasteiger partial charge in [0.1, 0.15) is 6.04 Å². The predicted octanol–water partition coefficient (Wildman–Crippen LogP) is 4.73. The lowest BCUT2D eigenvalue weighted by atomic mass is 9.78. The van der Waals surface area contributed by atoms with Crippen LogP contribution in [0.1, 0.15) is 41.8 Å². The summed E-state index contributed by atoms with van der Waals surface area (Å²) >= 11 is 0. The van der Waals surface area contributed by atoms with E-state index < -0.39 is 18.0 Å². The number of hydrogen-bond donors (Lipinski definition) is 1. The topological polar surface area (TPSA) is 78.3 Å². The van der Waals surface area contributed by atoms with E-state index >= 15 is 0 Å². The summed E-state index contributed by atoms with van der Waals surface area (Å²) in [6.07, 6.45) is -4.08. The van der Waals surface area contributed by atoms with Gasteiger partial charge in [-0.05, 0) is 35.6 Å². The quantitative estimate of drug-likeness (QED) is 0.594. The third-order valence-corrected chi connectivity index (χ3v) is 6.17. The molecule has 2 atom stereocenters. The number of carbonyl (C=O) groups is 1. The minimum atomic E-state index is -4.71. The van der Waals surface area contributed by atoms with Crippen molar-refractivity contribution < 1.29 is 27.4 Å². The average molecular weight is 470 g/mol. The second kappa shape index (κ2) is 8.19. The van der Waals surface area contributed by atoms with Gasteiger partial charge in [-0.1, -0.05) is 36.4 Å². The van der Waals surface area contributed by atoms with Crippen LogP contribution in [0.15, 0.2) is 59.8 Å². The van der Waals surface area contributed by atoms with E-state index in [4.69, 9.17) is 9.47 Å². The molecular weight excluding hydrogens is 449 g/mol. The number of rotatable bonds is 4. The summed E-state index contributed by atoms with van der Waals surface area (Å²) < 4.78 is 52.0. The van der Waals surface area contributed by atoms with Crippen LogP contribution in [-0.2, 0) is 11.0 Å². The molecule has 0 radical (unpaired) electrons. The van der Waals surface area contributed by atoms with Gasteiger partial charge in [-0.2, -0.15) is 18.2 Å².